The van der Waals surface area contributed by atoms with E-state index in [-0.39, 0.29) is 18.6 Å². The Kier molecular flexibility index (Phi) is 3.88. The largest absolute Gasteiger partial charge is 0.508 e. The van der Waals surface area contributed by atoms with E-state index in [1.54, 1.807) is 0 Å². The summed E-state index contributed by atoms with van der Waals surface area (Å²) < 4.78 is 0. The van der Waals surface area contributed by atoms with Crippen LogP contribution in [0.1, 0.15) is 22.3 Å². The Morgan fingerprint density at radius 1 is 0.917 bits per heavy atom. The molecule has 0 heterocycles. The predicted octanol–water partition coefficient (Wildman–Crippen LogP) is 2.62. The van der Waals surface area contributed by atoms with E-state index in [1.165, 1.54) is 11.1 Å². The maximum absolute atomic E-state index is 9.41. The molecule has 12 heavy (non-hydrogen) atoms. The molecule has 0 fully saturated rings. The topological polar surface area (TPSA) is 20.2 Å². The summed E-state index contributed by atoms with van der Waals surface area (Å²) in [5.74, 6) is 0.408. The second-order valence-corrected chi connectivity index (χ2v) is 3.09. The average Bonchev–Trinajstić information content (AvgIpc) is 1.97. The minimum Gasteiger partial charge on any atom is -0.508 e. The second kappa shape index (κ2) is 4.02. The van der Waals surface area contributed by atoms with Crippen molar-refractivity contribution in [1.82, 2.24) is 0 Å². The smallest absolute Gasteiger partial charge is 0.119 e. The number of rotatable bonds is 0. The SMILES string of the molecule is Cc1cc(O)c(C)c(C)c1C.[V]. The Bertz CT molecular complexity index is 266. The van der Waals surface area contributed by atoms with Crippen LogP contribution in [0.15, 0.2) is 6.07 Å². The number of aryl methyl sites for hydroxylation is 1. The number of phenols is 1. The summed E-state index contributed by atoms with van der Waals surface area (Å²) in [6.45, 7) is 8.08. The molecule has 1 N–H and O–H groups in total. The minimum absolute atomic E-state index is 0. The van der Waals surface area contributed by atoms with E-state index in [4.69, 9.17) is 0 Å². The fourth-order valence-corrected chi connectivity index (χ4v) is 1.19. The molecule has 0 spiro atoms. The van der Waals surface area contributed by atoms with Crippen molar-refractivity contribution in [3.05, 3.63) is 28.3 Å². The summed E-state index contributed by atoms with van der Waals surface area (Å²) in [6.07, 6.45) is 0. The zero-order valence-corrected chi connectivity index (χ0v) is 9.37. The van der Waals surface area contributed by atoms with Crippen LogP contribution in [-0.2, 0) is 18.6 Å². The molecule has 1 aromatic carbocycles. The van der Waals surface area contributed by atoms with E-state index in [2.05, 4.69) is 6.92 Å². The third-order valence-electron chi connectivity index (χ3n) is 2.45. The molecule has 0 amide bonds. The van der Waals surface area contributed by atoms with Crippen LogP contribution < -0.4 is 0 Å². The monoisotopic (exact) mass is 201 g/mol. The van der Waals surface area contributed by atoms with Gasteiger partial charge in [0.15, 0.2) is 0 Å². The zero-order chi connectivity index (χ0) is 8.59. The summed E-state index contributed by atoms with van der Waals surface area (Å²) >= 11 is 0. The van der Waals surface area contributed by atoms with Crippen molar-refractivity contribution < 1.29 is 23.7 Å². The molecule has 0 aliphatic carbocycles. The van der Waals surface area contributed by atoms with Gasteiger partial charge < -0.3 is 5.11 Å². The Labute approximate surface area is 85.7 Å². The van der Waals surface area contributed by atoms with Gasteiger partial charge in [-0.1, -0.05) is 0 Å². The van der Waals surface area contributed by atoms with E-state index in [0.717, 1.165) is 11.1 Å². The van der Waals surface area contributed by atoms with Gasteiger partial charge in [-0.15, -0.1) is 0 Å². The van der Waals surface area contributed by atoms with Crippen molar-refractivity contribution in [2.45, 2.75) is 27.7 Å². The molecule has 1 nitrogen and oxygen atoms in total. The molecule has 0 bridgehead atoms. The molecule has 0 unspecified atom stereocenters. The molecular weight excluding hydrogens is 187 g/mol. The van der Waals surface area contributed by atoms with Gasteiger partial charge in [0.05, 0.1) is 0 Å². The van der Waals surface area contributed by atoms with E-state index in [0.29, 0.717) is 5.75 Å². The van der Waals surface area contributed by atoms with Crippen molar-refractivity contribution in [3.63, 3.8) is 0 Å². The quantitative estimate of drug-likeness (QED) is 0.684. The van der Waals surface area contributed by atoms with Gasteiger partial charge in [-0.25, -0.2) is 0 Å². The fraction of sp³-hybridized carbons (Fsp3) is 0.400. The van der Waals surface area contributed by atoms with Gasteiger partial charge in [0, 0.05) is 18.6 Å². The van der Waals surface area contributed by atoms with Gasteiger partial charge in [-0.3, -0.25) is 0 Å². The fourth-order valence-electron chi connectivity index (χ4n) is 1.19. The molecule has 0 saturated carbocycles. The van der Waals surface area contributed by atoms with Crippen molar-refractivity contribution in [3.8, 4) is 5.75 Å². The molecule has 2 heteroatoms. The first-order chi connectivity index (χ1) is 5.04. The molecular formula is C10H14OV. The van der Waals surface area contributed by atoms with Gasteiger partial charge in [-0.05, 0) is 56.0 Å². The number of aromatic hydroxyl groups is 1. The van der Waals surface area contributed by atoms with Gasteiger partial charge in [-0.2, -0.15) is 0 Å². The molecule has 1 aromatic rings. The first-order valence-corrected chi connectivity index (χ1v) is 3.80. The Morgan fingerprint density at radius 2 is 1.42 bits per heavy atom. The molecule has 1 radical (unpaired) electrons. The standard InChI is InChI=1S/C10H14O.V/c1-6-5-10(11)9(4)8(3)7(6)2;/h5,11H,1-4H3;. The Balaban J connectivity index is 0.00000121. The molecule has 1 rings (SSSR count). The van der Waals surface area contributed by atoms with E-state index in [1.807, 2.05) is 26.8 Å². The zero-order valence-electron chi connectivity index (χ0n) is 7.97. The van der Waals surface area contributed by atoms with Gasteiger partial charge in [0.1, 0.15) is 5.75 Å². The number of phenolic OH excluding ortho intramolecular Hbond substituents is 1. The minimum atomic E-state index is 0. The molecule has 65 valence electrons. The van der Waals surface area contributed by atoms with E-state index in [9.17, 15) is 5.11 Å². The molecule has 0 saturated heterocycles. The first-order valence-electron chi connectivity index (χ1n) is 3.80. The van der Waals surface area contributed by atoms with E-state index < -0.39 is 0 Å². The second-order valence-electron chi connectivity index (χ2n) is 3.09. The van der Waals surface area contributed by atoms with Gasteiger partial charge >= 0.3 is 0 Å². The average molecular weight is 201 g/mol. The Hall–Kier alpha value is -0.396. The maximum atomic E-state index is 9.41. The van der Waals surface area contributed by atoms with Crippen molar-refractivity contribution in [2.24, 2.45) is 0 Å². The number of hydrogen-bond donors (Lipinski definition) is 1. The Morgan fingerprint density at radius 3 is 1.92 bits per heavy atom. The molecule has 0 aromatic heterocycles. The van der Waals surface area contributed by atoms with Crippen LogP contribution in [0, 0.1) is 27.7 Å². The third kappa shape index (κ3) is 1.85. The summed E-state index contributed by atoms with van der Waals surface area (Å²) in [6, 6.07) is 1.82. The van der Waals surface area contributed by atoms with Crippen LogP contribution in [0.5, 0.6) is 5.75 Å². The van der Waals surface area contributed by atoms with Crippen molar-refractivity contribution >= 4 is 0 Å². The summed E-state index contributed by atoms with van der Waals surface area (Å²) in [7, 11) is 0. The van der Waals surface area contributed by atoms with Crippen LogP contribution in [0.2, 0.25) is 0 Å². The predicted molar refractivity (Wildman–Crippen MR) is 47.1 cm³/mol. The van der Waals surface area contributed by atoms with Crippen molar-refractivity contribution in [2.75, 3.05) is 0 Å². The summed E-state index contributed by atoms with van der Waals surface area (Å²) in [4.78, 5) is 0. The summed E-state index contributed by atoms with van der Waals surface area (Å²) in [5.41, 5.74) is 4.63. The van der Waals surface area contributed by atoms with Crippen LogP contribution >= 0.6 is 0 Å². The number of benzene rings is 1. The van der Waals surface area contributed by atoms with Gasteiger partial charge in [0.25, 0.3) is 0 Å². The van der Waals surface area contributed by atoms with Gasteiger partial charge in [0.2, 0.25) is 0 Å². The molecule has 0 atom stereocenters. The molecule has 0 aliphatic heterocycles. The maximum Gasteiger partial charge on any atom is 0.119 e. The van der Waals surface area contributed by atoms with Crippen LogP contribution in [-0.4, -0.2) is 5.11 Å². The first kappa shape index (κ1) is 11.6. The van der Waals surface area contributed by atoms with Crippen LogP contribution in [0.4, 0.5) is 0 Å². The van der Waals surface area contributed by atoms with Crippen LogP contribution in [0.3, 0.4) is 0 Å². The number of hydrogen-bond acceptors (Lipinski definition) is 1. The van der Waals surface area contributed by atoms with Crippen molar-refractivity contribution in [1.29, 1.82) is 0 Å². The summed E-state index contributed by atoms with van der Waals surface area (Å²) in [5, 5.41) is 9.41. The normalized spacial score (nSPS) is 9.33. The molecule has 0 aliphatic rings. The van der Waals surface area contributed by atoms with Crippen LogP contribution in [0.25, 0.3) is 0 Å². The third-order valence-corrected chi connectivity index (χ3v) is 2.45. The van der Waals surface area contributed by atoms with E-state index >= 15 is 0 Å².